The van der Waals surface area contributed by atoms with E-state index in [0.29, 0.717) is 0 Å². The van der Waals surface area contributed by atoms with E-state index in [2.05, 4.69) is 4.74 Å². The quantitative estimate of drug-likeness (QED) is 0.284. The Morgan fingerprint density at radius 1 is 1.00 bits per heavy atom. The van der Waals surface area contributed by atoms with Crippen LogP contribution in [0.2, 0.25) is 0 Å². The molecule has 120 valence electrons. The van der Waals surface area contributed by atoms with Crippen LogP contribution in [0.15, 0.2) is 22.8 Å². The molecule has 0 aliphatic rings. The molecule has 0 aliphatic heterocycles. The van der Waals surface area contributed by atoms with Gasteiger partial charge in [0.2, 0.25) is 0 Å². The van der Waals surface area contributed by atoms with Crippen molar-refractivity contribution in [2.24, 2.45) is 0 Å². The maximum Gasteiger partial charge on any atom is 0.342 e. The minimum Gasteiger partial charge on any atom is -0.501 e. The van der Waals surface area contributed by atoms with Crippen LogP contribution < -0.4 is 0 Å². The van der Waals surface area contributed by atoms with Gasteiger partial charge in [0.25, 0.3) is 0 Å². The van der Waals surface area contributed by atoms with Crippen molar-refractivity contribution in [1.82, 2.24) is 0 Å². The van der Waals surface area contributed by atoms with Gasteiger partial charge in [-0.15, -0.1) is 0 Å². The Bertz CT molecular complexity index is 529. The van der Waals surface area contributed by atoms with Crippen LogP contribution in [0, 0.1) is 0 Å². The minimum atomic E-state index is -3.86. The maximum atomic E-state index is 11.8. The highest BCUT2D eigenvalue weighted by atomic mass is 32.2. The van der Waals surface area contributed by atoms with E-state index in [0.717, 1.165) is 18.6 Å². The second-order valence-corrected chi connectivity index (χ2v) is 5.72. The van der Waals surface area contributed by atoms with Crippen molar-refractivity contribution >= 4 is 21.8 Å². The molecule has 0 N–H and O–H groups in total. The van der Waals surface area contributed by atoms with E-state index in [1.165, 1.54) is 0 Å². The summed E-state index contributed by atoms with van der Waals surface area (Å²) in [4.78, 5) is 22.8. The Kier molecular flexibility index (Phi) is 8.37. The van der Waals surface area contributed by atoms with E-state index in [1.807, 2.05) is 0 Å². The molecule has 0 saturated carbocycles. The Morgan fingerprint density at radius 3 is 2.00 bits per heavy atom. The molecule has 0 rings (SSSR count). The van der Waals surface area contributed by atoms with Gasteiger partial charge in [0.05, 0.1) is 31.0 Å². The topological polar surface area (TPSA) is 96.0 Å². The van der Waals surface area contributed by atoms with Gasteiger partial charge in [0.1, 0.15) is 5.57 Å². The fourth-order valence-corrected chi connectivity index (χ4v) is 2.10. The van der Waals surface area contributed by atoms with E-state index >= 15 is 0 Å². The zero-order valence-electron chi connectivity index (χ0n) is 12.5. The zero-order valence-corrected chi connectivity index (χ0v) is 13.4. The highest BCUT2D eigenvalue weighted by Crippen LogP contribution is 2.19. The molecule has 0 amide bonds. The van der Waals surface area contributed by atoms with E-state index < -0.39 is 26.7 Å². The average Bonchev–Trinajstić information content (AvgIpc) is 2.37. The molecule has 0 spiro atoms. The van der Waals surface area contributed by atoms with Gasteiger partial charge in [-0.3, -0.25) is 0 Å². The van der Waals surface area contributed by atoms with E-state index in [-0.39, 0.29) is 25.4 Å². The van der Waals surface area contributed by atoms with Crippen molar-refractivity contribution in [1.29, 1.82) is 0 Å². The van der Waals surface area contributed by atoms with Crippen LogP contribution in [0.5, 0.6) is 0 Å². The van der Waals surface area contributed by atoms with Crippen LogP contribution in [0.25, 0.3) is 0 Å². The third-order valence-corrected chi connectivity index (χ3v) is 3.20. The summed E-state index contributed by atoms with van der Waals surface area (Å²) in [6.45, 7) is 5.17. The van der Waals surface area contributed by atoms with Gasteiger partial charge < -0.3 is 14.2 Å². The molecule has 0 bridgehead atoms. The highest BCUT2D eigenvalue weighted by molar-refractivity contribution is 7.94. The second kappa shape index (κ2) is 9.17. The Balaban J connectivity index is 5.82. The molecule has 0 fully saturated rings. The molecule has 21 heavy (non-hydrogen) atoms. The first-order chi connectivity index (χ1) is 9.77. The average molecular weight is 320 g/mol. The summed E-state index contributed by atoms with van der Waals surface area (Å²) in [5.41, 5.74) is -0.353. The van der Waals surface area contributed by atoms with Gasteiger partial charge in [0.15, 0.2) is 9.84 Å². The first kappa shape index (κ1) is 19.2. The molecule has 7 nitrogen and oxygen atoms in total. The molecular weight excluding hydrogens is 300 g/mol. The lowest BCUT2D eigenvalue weighted by atomic mass is 10.2. The van der Waals surface area contributed by atoms with Crippen LogP contribution in [0.3, 0.4) is 0 Å². The summed E-state index contributed by atoms with van der Waals surface area (Å²) >= 11 is 0. The molecule has 0 atom stereocenters. The van der Waals surface area contributed by atoms with Crippen LogP contribution in [0.4, 0.5) is 0 Å². The number of carbonyl (C=O) groups excluding carboxylic acids is 2. The van der Waals surface area contributed by atoms with Crippen LogP contribution >= 0.6 is 0 Å². The SMILES string of the molecule is CCO/C=C(C(=O)OCC)/C(=C/C(=O)OCC)S(C)(=O)=O. The van der Waals surface area contributed by atoms with Crippen molar-refractivity contribution in [3.63, 3.8) is 0 Å². The van der Waals surface area contributed by atoms with Crippen molar-refractivity contribution in [2.75, 3.05) is 26.1 Å². The predicted octanol–water partition coefficient (Wildman–Crippen LogP) is 0.962. The fraction of sp³-hybridized carbons (Fsp3) is 0.538. The summed E-state index contributed by atoms with van der Waals surface area (Å²) in [6.07, 6.45) is 2.57. The van der Waals surface area contributed by atoms with Crippen molar-refractivity contribution in [2.45, 2.75) is 20.8 Å². The predicted molar refractivity (Wildman–Crippen MR) is 75.9 cm³/mol. The highest BCUT2D eigenvalue weighted by Gasteiger charge is 2.26. The van der Waals surface area contributed by atoms with Crippen molar-refractivity contribution in [3.8, 4) is 0 Å². The molecule has 0 aromatic carbocycles. The Hall–Kier alpha value is -1.83. The van der Waals surface area contributed by atoms with Crippen molar-refractivity contribution < 1.29 is 32.2 Å². The number of carbonyl (C=O) groups is 2. The number of hydrogen-bond donors (Lipinski definition) is 0. The summed E-state index contributed by atoms with van der Waals surface area (Å²) < 4.78 is 38.0. The molecular formula is C13H20O7S. The fourth-order valence-electron chi connectivity index (χ4n) is 1.26. The van der Waals surface area contributed by atoms with Gasteiger partial charge in [-0.1, -0.05) is 0 Å². The Labute approximate surface area is 124 Å². The lowest BCUT2D eigenvalue weighted by Crippen LogP contribution is -2.17. The lowest BCUT2D eigenvalue weighted by molar-refractivity contribution is -0.138. The molecule has 8 heteroatoms. The van der Waals surface area contributed by atoms with Gasteiger partial charge >= 0.3 is 11.9 Å². The molecule has 0 saturated heterocycles. The van der Waals surface area contributed by atoms with Crippen LogP contribution in [-0.2, 0) is 33.6 Å². The van der Waals surface area contributed by atoms with Gasteiger partial charge in [-0.25, -0.2) is 18.0 Å². The number of hydrogen-bond acceptors (Lipinski definition) is 7. The summed E-state index contributed by atoms with van der Waals surface area (Å²) in [5.74, 6) is -1.77. The van der Waals surface area contributed by atoms with Gasteiger partial charge in [-0.2, -0.15) is 0 Å². The summed E-state index contributed by atoms with van der Waals surface area (Å²) in [7, 11) is -3.86. The molecule has 0 aromatic rings. The first-order valence-electron chi connectivity index (χ1n) is 6.35. The Morgan fingerprint density at radius 2 is 1.57 bits per heavy atom. The smallest absolute Gasteiger partial charge is 0.342 e. The molecule has 0 aliphatic carbocycles. The standard InChI is InChI=1S/C13H20O7S/c1-5-18-9-10(13(15)20-7-3)11(21(4,16)17)8-12(14)19-6-2/h8-9H,5-7H2,1-4H3/b10-9-,11-8-. The normalized spacial score (nSPS) is 12.8. The monoisotopic (exact) mass is 320 g/mol. The third kappa shape index (κ3) is 6.94. The van der Waals surface area contributed by atoms with E-state index in [1.54, 1.807) is 20.8 Å². The third-order valence-electron chi connectivity index (χ3n) is 2.06. The van der Waals surface area contributed by atoms with Crippen LogP contribution in [0.1, 0.15) is 20.8 Å². The van der Waals surface area contributed by atoms with Gasteiger partial charge in [0, 0.05) is 12.3 Å². The van der Waals surface area contributed by atoms with Crippen molar-refractivity contribution in [3.05, 3.63) is 22.8 Å². The first-order valence-corrected chi connectivity index (χ1v) is 8.24. The number of esters is 2. The summed E-state index contributed by atoms with van der Waals surface area (Å²) in [5, 5.41) is 0. The molecule has 0 radical (unpaired) electrons. The largest absolute Gasteiger partial charge is 0.501 e. The number of rotatable bonds is 8. The number of sulfone groups is 1. The van der Waals surface area contributed by atoms with Gasteiger partial charge in [-0.05, 0) is 20.8 Å². The zero-order chi connectivity index (χ0) is 16.5. The molecule has 0 heterocycles. The minimum absolute atomic E-state index is 0.0543. The lowest BCUT2D eigenvalue weighted by Gasteiger charge is -2.10. The maximum absolute atomic E-state index is 11.8. The van der Waals surface area contributed by atoms with Crippen LogP contribution in [-0.4, -0.2) is 46.4 Å². The van der Waals surface area contributed by atoms with E-state index in [4.69, 9.17) is 9.47 Å². The summed E-state index contributed by atoms with van der Waals surface area (Å²) in [6, 6.07) is 0. The number of ether oxygens (including phenoxy) is 3. The van der Waals surface area contributed by atoms with E-state index in [9.17, 15) is 18.0 Å². The second-order valence-electron chi connectivity index (χ2n) is 3.74. The molecule has 0 unspecified atom stereocenters. The molecule has 0 aromatic heterocycles.